The van der Waals surface area contributed by atoms with Gasteiger partial charge in [-0.15, -0.1) is 12.4 Å². The fourth-order valence-electron chi connectivity index (χ4n) is 4.28. The number of nitrogens with two attached hydrogens (primary N) is 1. The topological polar surface area (TPSA) is 92.0 Å². The molecule has 2 saturated heterocycles. The van der Waals surface area contributed by atoms with Gasteiger partial charge in [-0.3, -0.25) is 4.79 Å². The monoisotopic (exact) mass is 412 g/mol. The first-order valence-corrected chi connectivity index (χ1v) is 9.72. The normalized spacial score (nSPS) is 22.2. The predicted molar refractivity (Wildman–Crippen MR) is 106 cm³/mol. The minimum atomic E-state index is -0.514. The van der Waals surface area contributed by atoms with Gasteiger partial charge in [-0.05, 0) is 43.4 Å². The molecule has 0 unspecified atom stereocenters. The van der Waals surface area contributed by atoms with E-state index in [0.717, 1.165) is 29.9 Å². The van der Waals surface area contributed by atoms with Crippen molar-refractivity contribution in [3.05, 3.63) is 23.8 Å². The lowest BCUT2D eigenvalue weighted by Crippen LogP contribution is -2.53. The molecule has 8 heteroatoms. The lowest BCUT2D eigenvalue weighted by Gasteiger charge is -2.40. The summed E-state index contributed by atoms with van der Waals surface area (Å²) in [5.74, 6) is 1.58. The van der Waals surface area contributed by atoms with Gasteiger partial charge in [0.25, 0.3) is 0 Å². The summed E-state index contributed by atoms with van der Waals surface area (Å²) in [5, 5.41) is 3.22. The summed E-state index contributed by atoms with van der Waals surface area (Å²) in [6.07, 6.45) is 3.06. The summed E-state index contributed by atoms with van der Waals surface area (Å²) in [6, 6.07) is 6.08. The molecule has 0 atom stereocenters. The third-order valence-corrected chi connectivity index (χ3v) is 6.34. The van der Waals surface area contributed by atoms with Crippen LogP contribution in [0.3, 0.4) is 0 Å². The fraction of sp³-hybridized carbons (Fsp3) is 0.650. The van der Waals surface area contributed by atoms with Crippen molar-refractivity contribution in [2.75, 3.05) is 46.3 Å². The molecule has 3 aliphatic heterocycles. The number of carbonyl (C=O) groups excluding carboxylic acids is 1. The van der Waals surface area contributed by atoms with Gasteiger partial charge in [0.1, 0.15) is 0 Å². The van der Waals surface area contributed by atoms with E-state index in [4.69, 9.17) is 24.7 Å². The maximum absolute atomic E-state index is 13.0. The molecule has 0 radical (unpaired) electrons. The Morgan fingerprint density at radius 1 is 1.00 bits per heavy atom. The van der Waals surface area contributed by atoms with Crippen LogP contribution in [0.25, 0.3) is 0 Å². The smallest absolute Gasteiger partial charge is 0.231 e. The van der Waals surface area contributed by atoms with E-state index in [2.05, 4.69) is 11.4 Å². The molecule has 0 aliphatic carbocycles. The summed E-state index contributed by atoms with van der Waals surface area (Å²) in [6.45, 7) is 3.71. The van der Waals surface area contributed by atoms with Crippen LogP contribution in [-0.4, -0.2) is 52.2 Å². The standard InChI is InChI=1S/C20H28N2O5.ClH/c21-12-19(3-7-24-8-4-19)18(23)22-13-20(5-9-25-10-6-20)15-1-2-16-17(11-15)27-14-26-16;/h1-2,11H,3-10,12-14,21H2,(H,22,23);1H. The molecule has 0 saturated carbocycles. The largest absolute Gasteiger partial charge is 0.454 e. The van der Waals surface area contributed by atoms with E-state index in [1.807, 2.05) is 12.1 Å². The van der Waals surface area contributed by atoms with Crippen LogP contribution < -0.4 is 20.5 Å². The molecular weight excluding hydrogens is 384 g/mol. The van der Waals surface area contributed by atoms with Crippen molar-refractivity contribution in [1.82, 2.24) is 5.32 Å². The molecule has 3 N–H and O–H groups in total. The highest BCUT2D eigenvalue weighted by atomic mass is 35.5. The van der Waals surface area contributed by atoms with Gasteiger partial charge in [0, 0.05) is 44.9 Å². The molecule has 156 valence electrons. The minimum absolute atomic E-state index is 0. The average molecular weight is 413 g/mol. The highest BCUT2D eigenvalue weighted by molar-refractivity contribution is 5.85. The maximum Gasteiger partial charge on any atom is 0.231 e. The van der Waals surface area contributed by atoms with Crippen molar-refractivity contribution >= 4 is 18.3 Å². The second-order valence-electron chi connectivity index (χ2n) is 7.74. The summed E-state index contributed by atoms with van der Waals surface area (Å²) in [7, 11) is 0. The van der Waals surface area contributed by atoms with Crippen LogP contribution in [0.15, 0.2) is 18.2 Å². The highest BCUT2D eigenvalue weighted by Gasteiger charge is 2.41. The molecule has 0 spiro atoms. The van der Waals surface area contributed by atoms with Gasteiger partial charge in [-0.25, -0.2) is 0 Å². The zero-order valence-corrected chi connectivity index (χ0v) is 16.9. The molecule has 2 fully saturated rings. The molecule has 28 heavy (non-hydrogen) atoms. The zero-order valence-electron chi connectivity index (χ0n) is 16.0. The zero-order chi connectivity index (χ0) is 18.7. The Kier molecular flexibility index (Phi) is 6.70. The molecule has 1 aromatic carbocycles. The molecule has 1 amide bonds. The second-order valence-corrected chi connectivity index (χ2v) is 7.74. The van der Waals surface area contributed by atoms with Crippen molar-refractivity contribution in [3.63, 3.8) is 0 Å². The van der Waals surface area contributed by atoms with Crippen LogP contribution in [0.5, 0.6) is 11.5 Å². The van der Waals surface area contributed by atoms with Crippen molar-refractivity contribution in [1.29, 1.82) is 0 Å². The van der Waals surface area contributed by atoms with Gasteiger partial charge in [-0.2, -0.15) is 0 Å². The Labute approximate surface area is 171 Å². The average Bonchev–Trinajstić information content (AvgIpc) is 3.21. The van der Waals surface area contributed by atoms with E-state index >= 15 is 0 Å². The fourth-order valence-corrected chi connectivity index (χ4v) is 4.28. The van der Waals surface area contributed by atoms with Crippen LogP contribution in [0, 0.1) is 5.41 Å². The Hall–Kier alpha value is -1.54. The molecule has 4 rings (SSSR count). The molecule has 0 aromatic heterocycles. The molecule has 7 nitrogen and oxygen atoms in total. The van der Waals surface area contributed by atoms with Crippen LogP contribution in [-0.2, 0) is 19.7 Å². The number of hydrogen-bond donors (Lipinski definition) is 2. The number of benzene rings is 1. The second kappa shape index (κ2) is 8.86. The van der Waals surface area contributed by atoms with E-state index in [1.54, 1.807) is 0 Å². The van der Waals surface area contributed by atoms with Crippen LogP contribution >= 0.6 is 12.4 Å². The van der Waals surface area contributed by atoms with Crippen molar-refractivity contribution in [2.24, 2.45) is 11.1 Å². The predicted octanol–water partition coefficient (Wildman–Crippen LogP) is 1.76. The van der Waals surface area contributed by atoms with Crippen molar-refractivity contribution in [3.8, 4) is 11.5 Å². The molecule has 1 aromatic rings. The van der Waals surface area contributed by atoms with Crippen molar-refractivity contribution < 1.29 is 23.7 Å². The molecule has 3 aliphatic rings. The van der Waals surface area contributed by atoms with E-state index in [9.17, 15) is 4.79 Å². The first kappa shape index (κ1) is 21.2. The lowest BCUT2D eigenvalue weighted by atomic mass is 9.73. The molecular formula is C20H29ClN2O5. The Morgan fingerprint density at radius 3 is 2.32 bits per heavy atom. The van der Waals surface area contributed by atoms with E-state index < -0.39 is 5.41 Å². The summed E-state index contributed by atoms with van der Waals surface area (Å²) >= 11 is 0. The molecule has 3 heterocycles. The van der Waals surface area contributed by atoms with E-state index in [1.165, 1.54) is 0 Å². The summed E-state index contributed by atoms with van der Waals surface area (Å²) in [4.78, 5) is 13.0. The Bertz CT molecular complexity index is 687. The van der Waals surface area contributed by atoms with Crippen molar-refractivity contribution in [2.45, 2.75) is 31.1 Å². The first-order valence-electron chi connectivity index (χ1n) is 9.72. The summed E-state index contributed by atoms with van der Waals surface area (Å²) < 4.78 is 22.0. The lowest BCUT2D eigenvalue weighted by molar-refractivity contribution is -0.136. The number of hydrogen-bond acceptors (Lipinski definition) is 6. The van der Waals surface area contributed by atoms with Gasteiger partial charge in [0.05, 0.1) is 5.41 Å². The van der Waals surface area contributed by atoms with Gasteiger partial charge in [-0.1, -0.05) is 6.07 Å². The third kappa shape index (κ3) is 3.94. The number of rotatable bonds is 5. The van der Waals surface area contributed by atoms with Gasteiger partial charge < -0.3 is 30.0 Å². The Balaban J connectivity index is 0.00000225. The quantitative estimate of drug-likeness (QED) is 0.765. The number of carbonyl (C=O) groups is 1. The number of halogens is 1. The van der Waals surface area contributed by atoms with Crippen LogP contribution in [0.1, 0.15) is 31.2 Å². The van der Waals surface area contributed by atoms with Gasteiger partial charge >= 0.3 is 0 Å². The molecule has 0 bridgehead atoms. The van der Waals surface area contributed by atoms with E-state index in [0.29, 0.717) is 52.4 Å². The Morgan fingerprint density at radius 2 is 1.64 bits per heavy atom. The van der Waals surface area contributed by atoms with E-state index in [-0.39, 0.29) is 30.5 Å². The number of fused-ring (bicyclic) bond motifs is 1. The third-order valence-electron chi connectivity index (χ3n) is 6.34. The van der Waals surface area contributed by atoms with Crippen LogP contribution in [0.4, 0.5) is 0 Å². The van der Waals surface area contributed by atoms with Gasteiger partial charge in [0.15, 0.2) is 11.5 Å². The summed E-state index contributed by atoms with van der Waals surface area (Å²) in [5.41, 5.74) is 6.46. The SMILES string of the molecule is Cl.NCC1(C(=O)NCC2(c3ccc4c(c3)OCO4)CCOCC2)CCOCC1. The number of nitrogens with one attached hydrogen (secondary N) is 1. The first-order chi connectivity index (χ1) is 13.2. The highest BCUT2D eigenvalue weighted by Crippen LogP contribution is 2.41. The maximum atomic E-state index is 13.0. The van der Waals surface area contributed by atoms with Crippen LogP contribution in [0.2, 0.25) is 0 Å². The number of ether oxygens (including phenoxy) is 4. The number of amides is 1. The van der Waals surface area contributed by atoms with Gasteiger partial charge in [0.2, 0.25) is 12.7 Å². The minimum Gasteiger partial charge on any atom is -0.454 e.